The topological polar surface area (TPSA) is 30.5 Å². The van der Waals surface area contributed by atoms with Crippen LogP contribution in [0.3, 0.4) is 0 Å². The summed E-state index contributed by atoms with van der Waals surface area (Å²) in [5.41, 5.74) is 0.913. The normalized spacial score (nSPS) is 12.6. The molecule has 0 heterocycles. The maximum absolute atomic E-state index is 12.2. The van der Waals surface area contributed by atoms with Crippen LogP contribution >= 0.6 is 0 Å². The Morgan fingerprint density at radius 2 is 1.83 bits per heavy atom. The number of alkyl halides is 2. The average Bonchev–Trinajstić information content (AvgIpc) is 2.38. The van der Waals surface area contributed by atoms with Crippen LogP contribution in [0.25, 0.3) is 0 Å². The van der Waals surface area contributed by atoms with E-state index in [9.17, 15) is 8.78 Å². The van der Waals surface area contributed by atoms with E-state index in [4.69, 9.17) is 9.47 Å². The van der Waals surface area contributed by atoms with E-state index in [-0.39, 0.29) is 12.6 Å². The molecule has 0 aliphatic rings. The second-order valence-corrected chi connectivity index (χ2v) is 3.87. The van der Waals surface area contributed by atoms with E-state index in [1.54, 1.807) is 20.3 Å². The van der Waals surface area contributed by atoms with Gasteiger partial charge in [0.2, 0.25) is 0 Å². The van der Waals surface area contributed by atoms with Crippen molar-refractivity contribution in [3.63, 3.8) is 0 Å². The molecule has 18 heavy (non-hydrogen) atoms. The van der Waals surface area contributed by atoms with Crippen LogP contribution in [0.4, 0.5) is 8.78 Å². The monoisotopic (exact) mass is 259 g/mol. The Morgan fingerprint density at radius 1 is 1.17 bits per heavy atom. The zero-order valence-electron chi connectivity index (χ0n) is 10.9. The van der Waals surface area contributed by atoms with Crippen LogP contribution in [0.5, 0.6) is 11.5 Å². The molecule has 1 unspecified atom stereocenters. The molecule has 0 aliphatic heterocycles. The zero-order valence-corrected chi connectivity index (χ0v) is 10.9. The summed E-state index contributed by atoms with van der Waals surface area (Å²) in [7, 11) is 3.11. The number of rotatable bonds is 7. The van der Waals surface area contributed by atoms with Crippen molar-refractivity contribution in [3.05, 3.63) is 23.8 Å². The van der Waals surface area contributed by atoms with E-state index < -0.39 is 6.43 Å². The third-order valence-corrected chi connectivity index (χ3v) is 2.74. The Labute approximate surface area is 106 Å². The van der Waals surface area contributed by atoms with Gasteiger partial charge in [0.15, 0.2) is 11.5 Å². The van der Waals surface area contributed by atoms with Crippen molar-refractivity contribution in [2.24, 2.45) is 0 Å². The molecule has 0 bridgehead atoms. The third kappa shape index (κ3) is 3.84. The van der Waals surface area contributed by atoms with Crippen molar-refractivity contribution in [2.75, 3.05) is 20.8 Å². The first-order valence-corrected chi connectivity index (χ1v) is 5.85. The minimum Gasteiger partial charge on any atom is -0.493 e. The van der Waals surface area contributed by atoms with Gasteiger partial charge in [-0.25, -0.2) is 8.78 Å². The van der Waals surface area contributed by atoms with Gasteiger partial charge < -0.3 is 14.8 Å². The Balaban J connectivity index is 2.85. The molecule has 0 aromatic heterocycles. The number of halogens is 2. The molecule has 1 rings (SSSR count). The summed E-state index contributed by atoms with van der Waals surface area (Å²) in [6, 6.07) is 5.33. The summed E-state index contributed by atoms with van der Waals surface area (Å²) < 4.78 is 34.7. The second kappa shape index (κ2) is 7.16. The second-order valence-electron chi connectivity index (χ2n) is 3.87. The first kappa shape index (κ1) is 14.7. The van der Waals surface area contributed by atoms with Crippen LogP contribution in [0.2, 0.25) is 0 Å². The molecule has 1 N–H and O–H groups in total. The first-order valence-electron chi connectivity index (χ1n) is 5.85. The van der Waals surface area contributed by atoms with Crippen LogP contribution in [0, 0.1) is 0 Å². The highest BCUT2D eigenvalue weighted by Gasteiger charge is 2.14. The number of hydrogen-bond acceptors (Lipinski definition) is 3. The standard InChI is InChI=1S/C13H19F2NO2/c1-4-10(16-8-13(14)15)9-5-6-11(17-2)12(7-9)18-3/h5-7,10,13,16H,4,8H2,1-3H3. The highest BCUT2D eigenvalue weighted by molar-refractivity contribution is 5.43. The lowest BCUT2D eigenvalue weighted by atomic mass is 10.0. The highest BCUT2D eigenvalue weighted by atomic mass is 19.3. The van der Waals surface area contributed by atoms with Crippen molar-refractivity contribution < 1.29 is 18.3 Å². The van der Waals surface area contributed by atoms with Gasteiger partial charge in [0.25, 0.3) is 6.43 Å². The lowest BCUT2D eigenvalue weighted by Gasteiger charge is -2.18. The Morgan fingerprint density at radius 3 is 2.33 bits per heavy atom. The number of benzene rings is 1. The Bertz CT molecular complexity index is 372. The van der Waals surface area contributed by atoms with Gasteiger partial charge >= 0.3 is 0 Å². The van der Waals surface area contributed by atoms with Gasteiger partial charge in [0, 0.05) is 6.04 Å². The van der Waals surface area contributed by atoms with Crippen LogP contribution < -0.4 is 14.8 Å². The van der Waals surface area contributed by atoms with Gasteiger partial charge in [-0.15, -0.1) is 0 Å². The fourth-order valence-electron chi connectivity index (χ4n) is 1.80. The lowest BCUT2D eigenvalue weighted by molar-refractivity contribution is 0.141. The van der Waals surface area contributed by atoms with E-state index in [1.165, 1.54) is 0 Å². The van der Waals surface area contributed by atoms with E-state index in [2.05, 4.69) is 5.32 Å². The molecule has 102 valence electrons. The van der Waals surface area contributed by atoms with Gasteiger partial charge in [-0.3, -0.25) is 0 Å². The molecule has 1 aromatic carbocycles. The molecule has 0 radical (unpaired) electrons. The molecule has 1 aromatic rings. The lowest BCUT2D eigenvalue weighted by Crippen LogP contribution is -2.26. The SMILES string of the molecule is CCC(NCC(F)F)c1ccc(OC)c(OC)c1. The number of ether oxygens (including phenoxy) is 2. The fourth-order valence-corrected chi connectivity index (χ4v) is 1.80. The molecule has 0 amide bonds. The molecule has 0 spiro atoms. The summed E-state index contributed by atoms with van der Waals surface area (Å²) in [5, 5.41) is 2.83. The van der Waals surface area contributed by atoms with E-state index in [0.717, 1.165) is 12.0 Å². The summed E-state index contributed by atoms with van der Waals surface area (Å²) in [4.78, 5) is 0. The van der Waals surface area contributed by atoms with Gasteiger partial charge in [-0.1, -0.05) is 13.0 Å². The van der Waals surface area contributed by atoms with Gasteiger partial charge in [0.1, 0.15) is 0 Å². The van der Waals surface area contributed by atoms with E-state index in [0.29, 0.717) is 11.5 Å². The number of hydrogen-bond donors (Lipinski definition) is 1. The smallest absolute Gasteiger partial charge is 0.250 e. The largest absolute Gasteiger partial charge is 0.493 e. The molecule has 3 nitrogen and oxygen atoms in total. The summed E-state index contributed by atoms with van der Waals surface area (Å²) in [6.07, 6.45) is -1.62. The van der Waals surface area contributed by atoms with Gasteiger partial charge in [-0.05, 0) is 24.1 Å². The van der Waals surface area contributed by atoms with Crippen molar-refractivity contribution in [3.8, 4) is 11.5 Å². The molecule has 0 fully saturated rings. The number of nitrogens with one attached hydrogen (secondary N) is 1. The molecule has 0 aliphatic carbocycles. The van der Waals surface area contributed by atoms with Gasteiger partial charge in [-0.2, -0.15) is 0 Å². The van der Waals surface area contributed by atoms with Crippen LogP contribution in [-0.2, 0) is 0 Å². The quantitative estimate of drug-likeness (QED) is 0.816. The molecule has 1 atom stereocenters. The molecule has 5 heteroatoms. The summed E-state index contributed by atoms with van der Waals surface area (Å²) >= 11 is 0. The molecular formula is C13H19F2NO2. The van der Waals surface area contributed by atoms with Crippen molar-refractivity contribution in [1.82, 2.24) is 5.32 Å². The van der Waals surface area contributed by atoms with Crippen LogP contribution in [0.15, 0.2) is 18.2 Å². The van der Waals surface area contributed by atoms with Crippen molar-refractivity contribution >= 4 is 0 Å². The molecule has 0 saturated heterocycles. The maximum atomic E-state index is 12.2. The minimum absolute atomic E-state index is 0.112. The summed E-state index contributed by atoms with van der Waals surface area (Å²) in [6.45, 7) is 1.63. The van der Waals surface area contributed by atoms with E-state index in [1.807, 2.05) is 19.1 Å². The zero-order chi connectivity index (χ0) is 13.5. The summed E-state index contributed by atoms with van der Waals surface area (Å²) in [5.74, 6) is 1.23. The Kier molecular flexibility index (Phi) is 5.85. The molecular weight excluding hydrogens is 240 g/mol. The van der Waals surface area contributed by atoms with Crippen molar-refractivity contribution in [1.29, 1.82) is 0 Å². The maximum Gasteiger partial charge on any atom is 0.250 e. The predicted molar refractivity (Wildman–Crippen MR) is 66.6 cm³/mol. The first-order chi connectivity index (χ1) is 8.62. The highest BCUT2D eigenvalue weighted by Crippen LogP contribution is 2.30. The van der Waals surface area contributed by atoms with Crippen molar-refractivity contribution in [2.45, 2.75) is 25.8 Å². The van der Waals surface area contributed by atoms with Gasteiger partial charge in [0.05, 0.1) is 20.8 Å². The minimum atomic E-state index is -2.35. The van der Waals surface area contributed by atoms with Crippen LogP contribution in [-0.4, -0.2) is 27.2 Å². The fraction of sp³-hybridized carbons (Fsp3) is 0.538. The number of methoxy groups -OCH3 is 2. The Hall–Kier alpha value is -1.36. The molecule has 0 saturated carbocycles. The predicted octanol–water partition coefficient (Wildman–Crippen LogP) is 3.01. The van der Waals surface area contributed by atoms with E-state index >= 15 is 0 Å². The van der Waals surface area contributed by atoms with Crippen LogP contribution in [0.1, 0.15) is 24.9 Å². The third-order valence-electron chi connectivity index (χ3n) is 2.74. The average molecular weight is 259 g/mol.